The molecule has 0 heterocycles. The number of hydrogen-bond donors (Lipinski definition) is 1. The van der Waals surface area contributed by atoms with Crippen molar-refractivity contribution >= 4 is 17.9 Å². The smallest absolute Gasteiger partial charge is 0.344 e. The summed E-state index contributed by atoms with van der Waals surface area (Å²) in [6, 6.07) is 0. The van der Waals surface area contributed by atoms with Crippen molar-refractivity contribution in [3.63, 3.8) is 0 Å². The predicted molar refractivity (Wildman–Crippen MR) is 108 cm³/mol. The maximum absolute atomic E-state index is 12.3. The molecule has 4 aliphatic rings. The van der Waals surface area contributed by atoms with E-state index in [0.29, 0.717) is 24.7 Å². The number of ether oxygens (including phenoxy) is 3. The lowest BCUT2D eigenvalue weighted by Gasteiger charge is -2.60. The van der Waals surface area contributed by atoms with E-state index < -0.39 is 36.7 Å². The third kappa shape index (κ3) is 5.54. The van der Waals surface area contributed by atoms with Gasteiger partial charge in [-0.05, 0) is 67.6 Å². The van der Waals surface area contributed by atoms with Crippen LogP contribution in [-0.4, -0.2) is 48.4 Å². The van der Waals surface area contributed by atoms with Crippen LogP contribution in [0.2, 0.25) is 0 Å². The van der Waals surface area contributed by atoms with Crippen LogP contribution in [-0.2, 0) is 28.6 Å². The number of carbonyl (C=O) groups excluding carboxylic acids is 3. The van der Waals surface area contributed by atoms with E-state index in [2.05, 4.69) is 20.8 Å². The van der Waals surface area contributed by atoms with Crippen LogP contribution in [0.1, 0.15) is 78.6 Å². The van der Waals surface area contributed by atoms with E-state index in [0.717, 1.165) is 38.5 Å². The summed E-state index contributed by atoms with van der Waals surface area (Å²) in [4.78, 5) is 35.9. The van der Waals surface area contributed by atoms with Gasteiger partial charge in [-0.3, -0.25) is 4.79 Å². The Labute approximate surface area is 178 Å². The largest absolute Gasteiger partial charge is 0.457 e. The SMILES string of the molecule is CCC(C)(C)CCC(=O)OCC(=O)OCC(=O)OC12CC3CC(CC(CO)(C3)C1)C2. The highest BCUT2D eigenvalue weighted by Gasteiger charge is 2.59. The number of rotatable bonds is 10. The molecular weight excluding hydrogens is 388 g/mol. The van der Waals surface area contributed by atoms with Crippen LogP contribution in [0.25, 0.3) is 0 Å². The number of aliphatic hydroxyl groups is 1. The maximum atomic E-state index is 12.3. The summed E-state index contributed by atoms with van der Waals surface area (Å²) in [5.74, 6) is -0.794. The lowest BCUT2D eigenvalue weighted by molar-refractivity contribution is -0.210. The third-order valence-corrected chi connectivity index (χ3v) is 7.46. The van der Waals surface area contributed by atoms with Gasteiger partial charge in [-0.1, -0.05) is 27.2 Å². The van der Waals surface area contributed by atoms with Crippen LogP contribution in [0.15, 0.2) is 0 Å². The zero-order valence-corrected chi connectivity index (χ0v) is 18.5. The lowest BCUT2D eigenvalue weighted by Crippen LogP contribution is -2.58. The lowest BCUT2D eigenvalue weighted by atomic mass is 9.48. The van der Waals surface area contributed by atoms with Gasteiger partial charge in [0.05, 0.1) is 0 Å². The molecule has 0 saturated heterocycles. The Morgan fingerprint density at radius 3 is 2.17 bits per heavy atom. The van der Waals surface area contributed by atoms with Gasteiger partial charge in [0, 0.05) is 13.0 Å². The molecule has 4 rings (SSSR count). The van der Waals surface area contributed by atoms with Crippen molar-refractivity contribution in [1.82, 2.24) is 0 Å². The highest BCUT2D eigenvalue weighted by atomic mass is 16.6. The Hall–Kier alpha value is -1.63. The van der Waals surface area contributed by atoms with Crippen molar-refractivity contribution in [3.8, 4) is 0 Å². The van der Waals surface area contributed by atoms with Crippen LogP contribution < -0.4 is 0 Å². The number of esters is 3. The predicted octanol–water partition coefficient (Wildman–Crippen LogP) is 3.16. The molecule has 0 aromatic rings. The number of hydrogen-bond acceptors (Lipinski definition) is 7. The van der Waals surface area contributed by atoms with Gasteiger partial charge < -0.3 is 19.3 Å². The monoisotopic (exact) mass is 424 g/mol. The quantitative estimate of drug-likeness (QED) is 0.425. The van der Waals surface area contributed by atoms with Gasteiger partial charge in [-0.15, -0.1) is 0 Å². The van der Waals surface area contributed by atoms with Crippen molar-refractivity contribution in [2.45, 2.75) is 84.2 Å². The van der Waals surface area contributed by atoms with E-state index in [1.54, 1.807) is 0 Å². The molecule has 7 heteroatoms. The zero-order chi connectivity index (χ0) is 22.0. The Bertz CT molecular complexity index is 654. The molecule has 0 aromatic carbocycles. The van der Waals surface area contributed by atoms with Gasteiger partial charge in [0.25, 0.3) is 0 Å². The van der Waals surface area contributed by atoms with Gasteiger partial charge in [0.2, 0.25) is 0 Å². The maximum Gasteiger partial charge on any atom is 0.344 e. The molecule has 2 atom stereocenters. The molecule has 30 heavy (non-hydrogen) atoms. The second-order valence-electron chi connectivity index (χ2n) is 10.6. The fourth-order valence-corrected chi connectivity index (χ4v) is 5.95. The van der Waals surface area contributed by atoms with Crippen molar-refractivity contribution in [2.24, 2.45) is 22.7 Å². The van der Waals surface area contributed by atoms with Gasteiger partial charge >= 0.3 is 17.9 Å². The molecule has 4 bridgehead atoms. The molecule has 2 unspecified atom stereocenters. The highest BCUT2D eigenvalue weighted by Crippen LogP contribution is 2.62. The molecule has 4 saturated carbocycles. The van der Waals surface area contributed by atoms with Crippen molar-refractivity contribution < 1.29 is 33.7 Å². The van der Waals surface area contributed by atoms with E-state index >= 15 is 0 Å². The summed E-state index contributed by atoms with van der Waals surface area (Å²) >= 11 is 0. The Morgan fingerprint density at radius 1 is 0.967 bits per heavy atom. The molecular formula is C23H36O7. The van der Waals surface area contributed by atoms with Gasteiger partial charge in [-0.25, -0.2) is 9.59 Å². The first kappa shape index (κ1) is 23.0. The Kier molecular flexibility index (Phi) is 6.80. The third-order valence-electron chi connectivity index (χ3n) is 7.46. The van der Waals surface area contributed by atoms with Gasteiger partial charge in [0.1, 0.15) is 5.60 Å². The number of carbonyl (C=O) groups is 3. The minimum atomic E-state index is -0.757. The van der Waals surface area contributed by atoms with Gasteiger partial charge in [0.15, 0.2) is 13.2 Å². The first-order valence-electron chi connectivity index (χ1n) is 11.2. The summed E-state index contributed by atoms with van der Waals surface area (Å²) in [7, 11) is 0. The first-order chi connectivity index (χ1) is 14.1. The average Bonchev–Trinajstić information content (AvgIpc) is 2.68. The summed E-state index contributed by atoms with van der Waals surface area (Å²) in [6.07, 6.45) is 7.40. The molecule has 170 valence electrons. The van der Waals surface area contributed by atoms with Gasteiger partial charge in [-0.2, -0.15) is 0 Å². The molecule has 0 aromatic heterocycles. The van der Waals surface area contributed by atoms with E-state index in [-0.39, 0.29) is 23.9 Å². The van der Waals surface area contributed by atoms with Crippen LogP contribution in [0.3, 0.4) is 0 Å². The highest BCUT2D eigenvalue weighted by molar-refractivity contribution is 5.79. The topological polar surface area (TPSA) is 99.1 Å². The molecule has 7 nitrogen and oxygen atoms in total. The fourth-order valence-electron chi connectivity index (χ4n) is 5.95. The average molecular weight is 425 g/mol. The van der Waals surface area contributed by atoms with Crippen LogP contribution in [0.4, 0.5) is 0 Å². The Morgan fingerprint density at radius 2 is 1.57 bits per heavy atom. The molecule has 0 aliphatic heterocycles. The molecule has 1 N–H and O–H groups in total. The van der Waals surface area contributed by atoms with Crippen molar-refractivity contribution in [3.05, 3.63) is 0 Å². The second kappa shape index (κ2) is 8.85. The Balaban J connectivity index is 1.39. The fraction of sp³-hybridized carbons (Fsp3) is 0.870. The molecule has 0 amide bonds. The van der Waals surface area contributed by atoms with Crippen molar-refractivity contribution in [2.75, 3.05) is 19.8 Å². The van der Waals surface area contributed by atoms with Crippen LogP contribution >= 0.6 is 0 Å². The van der Waals surface area contributed by atoms with E-state index in [9.17, 15) is 19.5 Å². The number of aliphatic hydroxyl groups excluding tert-OH is 1. The second-order valence-corrected chi connectivity index (χ2v) is 10.6. The summed E-state index contributed by atoms with van der Waals surface area (Å²) in [6.45, 7) is 5.37. The summed E-state index contributed by atoms with van der Waals surface area (Å²) in [5, 5.41) is 9.91. The normalized spacial score (nSPS) is 32.0. The van der Waals surface area contributed by atoms with E-state index in [1.807, 2.05) is 0 Å². The molecule has 0 spiro atoms. The molecule has 0 radical (unpaired) electrons. The minimum absolute atomic E-state index is 0.0507. The van der Waals surface area contributed by atoms with Crippen LogP contribution in [0, 0.1) is 22.7 Å². The van der Waals surface area contributed by atoms with Crippen LogP contribution in [0.5, 0.6) is 0 Å². The standard InChI is InChI=1S/C23H36O7/c1-4-21(2,3)6-5-18(25)28-12-19(26)29-13-20(27)30-23-10-16-7-17(11-23)9-22(8-16,14-23)15-24/h16-17,24H,4-15H2,1-3H3. The van der Waals surface area contributed by atoms with E-state index in [1.165, 1.54) is 0 Å². The van der Waals surface area contributed by atoms with Crippen molar-refractivity contribution in [1.29, 1.82) is 0 Å². The van der Waals surface area contributed by atoms with E-state index in [4.69, 9.17) is 14.2 Å². The first-order valence-corrected chi connectivity index (χ1v) is 11.2. The summed E-state index contributed by atoms with van der Waals surface area (Å²) in [5.41, 5.74) is -0.606. The zero-order valence-electron chi connectivity index (χ0n) is 18.5. The summed E-state index contributed by atoms with van der Waals surface area (Å²) < 4.78 is 15.7. The molecule has 4 aliphatic carbocycles. The minimum Gasteiger partial charge on any atom is -0.457 e. The molecule has 4 fully saturated rings.